The maximum atomic E-state index is 12.0. The molecular formula is C13H20ClN3O2. The van der Waals surface area contributed by atoms with E-state index in [9.17, 15) is 9.59 Å². The van der Waals surface area contributed by atoms with Crippen LogP contribution < -0.4 is 11.1 Å². The van der Waals surface area contributed by atoms with Gasteiger partial charge in [-0.25, -0.2) is 0 Å². The zero-order valence-electron chi connectivity index (χ0n) is 11.2. The lowest BCUT2D eigenvalue weighted by molar-refractivity contribution is 0.0942. The highest BCUT2D eigenvalue weighted by Gasteiger charge is 2.28. The molecule has 1 aliphatic carbocycles. The average molecular weight is 286 g/mol. The standard InChI is InChI=1S/C13H19N3O2.ClH/c1-8(17)10-5-12(16(2)7-10)13(18)15-6-11(14)9-3-4-9;/h5,7,9,11H,3-4,6,14H2,1-2H3,(H,15,18);1H. The lowest BCUT2D eigenvalue weighted by Crippen LogP contribution is -2.39. The number of rotatable bonds is 5. The van der Waals surface area contributed by atoms with Gasteiger partial charge >= 0.3 is 0 Å². The van der Waals surface area contributed by atoms with Gasteiger partial charge in [-0.05, 0) is 31.7 Å². The van der Waals surface area contributed by atoms with Crippen molar-refractivity contribution in [3.8, 4) is 0 Å². The zero-order valence-corrected chi connectivity index (χ0v) is 12.0. The number of hydrogen-bond acceptors (Lipinski definition) is 3. The number of halogens is 1. The van der Waals surface area contributed by atoms with Crippen LogP contribution in [0.2, 0.25) is 0 Å². The van der Waals surface area contributed by atoms with Gasteiger partial charge in [-0.3, -0.25) is 9.59 Å². The van der Waals surface area contributed by atoms with E-state index in [0.29, 0.717) is 23.7 Å². The minimum absolute atomic E-state index is 0. The number of aromatic nitrogens is 1. The largest absolute Gasteiger partial charge is 0.349 e. The van der Waals surface area contributed by atoms with Gasteiger partial charge in [0.15, 0.2) is 5.78 Å². The summed E-state index contributed by atoms with van der Waals surface area (Å²) in [4.78, 5) is 23.2. The van der Waals surface area contributed by atoms with Crippen LogP contribution in [0.25, 0.3) is 0 Å². The molecule has 1 atom stereocenters. The minimum Gasteiger partial charge on any atom is -0.349 e. The molecule has 1 amide bonds. The predicted molar refractivity (Wildman–Crippen MR) is 75.7 cm³/mol. The third kappa shape index (κ3) is 3.81. The van der Waals surface area contributed by atoms with Gasteiger partial charge in [-0.15, -0.1) is 12.4 Å². The highest BCUT2D eigenvalue weighted by Crippen LogP contribution is 2.31. The fourth-order valence-electron chi connectivity index (χ4n) is 1.97. The molecule has 2 rings (SSSR count). The minimum atomic E-state index is -0.180. The van der Waals surface area contributed by atoms with Gasteiger partial charge in [0.2, 0.25) is 0 Å². The van der Waals surface area contributed by atoms with Crippen LogP contribution in [0, 0.1) is 5.92 Å². The number of hydrogen-bond donors (Lipinski definition) is 2. The summed E-state index contributed by atoms with van der Waals surface area (Å²) in [6, 6.07) is 1.65. The number of nitrogens with zero attached hydrogens (tertiary/aromatic N) is 1. The quantitative estimate of drug-likeness (QED) is 0.796. The second-order valence-electron chi connectivity index (χ2n) is 4.99. The monoisotopic (exact) mass is 285 g/mol. The summed E-state index contributed by atoms with van der Waals surface area (Å²) in [5, 5.41) is 2.82. The summed E-state index contributed by atoms with van der Waals surface area (Å²) in [5.74, 6) is 0.340. The fourth-order valence-corrected chi connectivity index (χ4v) is 1.97. The summed E-state index contributed by atoms with van der Waals surface area (Å²) < 4.78 is 1.66. The van der Waals surface area contributed by atoms with E-state index in [4.69, 9.17) is 5.73 Å². The second kappa shape index (κ2) is 6.21. The van der Waals surface area contributed by atoms with Crippen molar-refractivity contribution < 1.29 is 9.59 Å². The van der Waals surface area contributed by atoms with Crippen molar-refractivity contribution in [2.75, 3.05) is 6.54 Å². The van der Waals surface area contributed by atoms with Gasteiger partial charge in [0, 0.05) is 31.4 Å². The van der Waals surface area contributed by atoms with Gasteiger partial charge in [0.05, 0.1) is 0 Å². The molecule has 1 unspecified atom stereocenters. The molecule has 0 aromatic carbocycles. The molecule has 0 spiro atoms. The number of ketones is 1. The summed E-state index contributed by atoms with van der Waals surface area (Å²) in [5.41, 5.74) is 6.96. The smallest absolute Gasteiger partial charge is 0.267 e. The Bertz CT molecular complexity index is 480. The predicted octanol–water partition coefficient (Wildman–Crippen LogP) is 1.12. The Morgan fingerprint density at radius 2 is 2.16 bits per heavy atom. The summed E-state index contributed by atoms with van der Waals surface area (Å²) in [6.45, 7) is 1.98. The number of Topliss-reactive ketones (excluding diaryl/α,β-unsaturated/α-hetero) is 1. The molecule has 1 saturated carbocycles. The normalized spacial score (nSPS) is 15.5. The molecule has 106 valence electrons. The van der Waals surface area contributed by atoms with Crippen molar-refractivity contribution in [2.24, 2.45) is 18.7 Å². The van der Waals surface area contributed by atoms with E-state index in [2.05, 4.69) is 5.32 Å². The highest BCUT2D eigenvalue weighted by atomic mass is 35.5. The van der Waals surface area contributed by atoms with E-state index in [0.717, 1.165) is 12.8 Å². The van der Waals surface area contributed by atoms with Crippen molar-refractivity contribution in [1.29, 1.82) is 0 Å². The van der Waals surface area contributed by atoms with Crippen molar-refractivity contribution in [3.63, 3.8) is 0 Å². The first-order chi connectivity index (χ1) is 8.49. The maximum Gasteiger partial charge on any atom is 0.267 e. The lowest BCUT2D eigenvalue weighted by atomic mass is 10.2. The average Bonchev–Trinajstić information content (AvgIpc) is 3.08. The van der Waals surface area contributed by atoms with Crippen LogP contribution in [-0.4, -0.2) is 28.8 Å². The van der Waals surface area contributed by atoms with E-state index in [1.807, 2.05) is 0 Å². The van der Waals surface area contributed by atoms with E-state index >= 15 is 0 Å². The zero-order chi connectivity index (χ0) is 13.3. The Morgan fingerprint density at radius 1 is 1.53 bits per heavy atom. The van der Waals surface area contributed by atoms with Crippen LogP contribution in [0.3, 0.4) is 0 Å². The van der Waals surface area contributed by atoms with Gasteiger partial charge in [-0.1, -0.05) is 0 Å². The number of nitrogens with one attached hydrogen (secondary N) is 1. The summed E-state index contributed by atoms with van der Waals surface area (Å²) >= 11 is 0. The van der Waals surface area contributed by atoms with E-state index in [1.54, 1.807) is 23.9 Å². The molecule has 1 heterocycles. The van der Waals surface area contributed by atoms with Crippen molar-refractivity contribution in [2.45, 2.75) is 25.8 Å². The molecule has 0 radical (unpaired) electrons. The van der Waals surface area contributed by atoms with Gasteiger partial charge in [-0.2, -0.15) is 0 Å². The first-order valence-electron chi connectivity index (χ1n) is 6.20. The molecule has 0 bridgehead atoms. The Hall–Kier alpha value is -1.33. The van der Waals surface area contributed by atoms with E-state index in [-0.39, 0.29) is 30.1 Å². The topological polar surface area (TPSA) is 77.1 Å². The first-order valence-corrected chi connectivity index (χ1v) is 6.20. The molecule has 1 aromatic heterocycles. The van der Waals surface area contributed by atoms with Crippen LogP contribution in [0.15, 0.2) is 12.3 Å². The van der Waals surface area contributed by atoms with E-state index < -0.39 is 0 Å². The molecule has 1 aromatic rings. The van der Waals surface area contributed by atoms with E-state index in [1.165, 1.54) is 6.92 Å². The second-order valence-corrected chi connectivity index (χ2v) is 4.99. The van der Waals surface area contributed by atoms with Crippen LogP contribution in [0.4, 0.5) is 0 Å². The Labute approximate surface area is 118 Å². The Kier molecular flexibility index (Phi) is 5.14. The van der Waals surface area contributed by atoms with Crippen molar-refractivity contribution in [3.05, 3.63) is 23.5 Å². The molecule has 1 fully saturated rings. The van der Waals surface area contributed by atoms with Crippen LogP contribution >= 0.6 is 12.4 Å². The van der Waals surface area contributed by atoms with Crippen molar-refractivity contribution >= 4 is 24.1 Å². The molecule has 5 nitrogen and oxygen atoms in total. The molecule has 0 aliphatic heterocycles. The fraction of sp³-hybridized carbons (Fsp3) is 0.538. The molecule has 3 N–H and O–H groups in total. The maximum absolute atomic E-state index is 12.0. The number of nitrogens with two attached hydrogens (primary N) is 1. The molecule has 1 aliphatic rings. The SMILES string of the molecule is CC(=O)c1cc(C(=O)NCC(N)C2CC2)n(C)c1.Cl. The van der Waals surface area contributed by atoms with Crippen molar-refractivity contribution in [1.82, 2.24) is 9.88 Å². The summed E-state index contributed by atoms with van der Waals surface area (Å²) in [7, 11) is 1.75. The van der Waals surface area contributed by atoms with Crippen LogP contribution in [0.1, 0.15) is 40.6 Å². The highest BCUT2D eigenvalue weighted by molar-refractivity contribution is 5.99. The molecule has 6 heteroatoms. The first kappa shape index (κ1) is 15.7. The number of carbonyl (C=O) groups is 2. The Balaban J connectivity index is 0.00000180. The van der Waals surface area contributed by atoms with Gasteiger partial charge in [0.25, 0.3) is 5.91 Å². The lowest BCUT2D eigenvalue weighted by Gasteiger charge is -2.11. The van der Waals surface area contributed by atoms with Gasteiger partial charge in [0.1, 0.15) is 5.69 Å². The third-order valence-electron chi connectivity index (χ3n) is 3.37. The number of aryl methyl sites for hydroxylation is 1. The Morgan fingerprint density at radius 3 is 2.63 bits per heavy atom. The number of carbonyl (C=O) groups excluding carboxylic acids is 2. The van der Waals surface area contributed by atoms with Gasteiger partial charge < -0.3 is 15.6 Å². The van der Waals surface area contributed by atoms with Crippen LogP contribution in [0.5, 0.6) is 0 Å². The molecular weight excluding hydrogens is 266 g/mol. The summed E-state index contributed by atoms with van der Waals surface area (Å²) in [6.07, 6.45) is 3.99. The molecule has 19 heavy (non-hydrogen) atoms. The third-order valence-corrected chi connectivity index (χ3v) is 3.37. The number of amides is 1. The van der Waals surface area contributed by atoms with Crippen LogP contribution in [-0.2, 0) is 7.05 Å². The molecule has 0 saturated heterocycles.